The van der Waals surface area contributed by atoms with Gasteiger partial charge in [0, 0.05) is 5.75 Å². The van der Waals surface area contributed by atoms with Crippen LogP contribution in [0.25, 0.3) is 0 Å². The molecule has 0 aliphatic rings. The standard InChI is InChI=1S/C6H14O2S2/c1-3-5-6-9-10(7,8)4-2/h3-6H2,1-2H3. The van der Waals surface area contributed by atoms with Gasteiger partial charge in [-0.25, -0.2) is 8.42 Å². The summed E-state index contributed by atoms with van der Waals surface area (Å²) < 4.78 is 21.7. The molecule has 0 spiro atoms. The van der Waals surface area contributed by atoms with Crippen LogP contribution in [0.5, 0.6) is 0 Å². The molecule has 10 heavy (non-hydrogen) atoms. The highest BCUT2D eigenvalue weighted by Crippen LogP contribution is 2.14. The molecule has 0 N–H and O–H groups in total. The lowest BCUT2D eigenvalue weighted by Crippen LogP contribution is -1.97. The normalized spacial score (nSPS) is 11.8. The summed E-state index contributed by atoms with van der Waals surface area (Å²) >= 11 is 0. The van der Waals surface area contributed by atoms with Gasteiger partial charge in [0.2, 0.25) is 8.87 Å². The molecule has 0 saturated heterocycles. The lowest BCUT2D eigenvalue weighted by molar-refractivity contribution is 0.611. The summed E-state index contributed by atoms with van der Waals surface area (Å²) in [7, 11) is -1.70. The van der Waals surface area contributed by atoms with Gasteiger partial charge in [-0.05, 0) is 17.2 Å². The Labute approximate surface area is 66.7 Å². The van der Waals surface area contributed by atoms with Crippen molar-refractivity contribution in [3.8, 4) is 0 Å². The zero-order valence-electron chi connectivity index (χ0n) is 6.46. The van der Waals surface area contributed by atoms with Crippen molar-refractivity contribution in [2.45, 2.75) is 26.7 Å². The van der Waals surface area contributed by atoms with Crippen LogP contribution in [0.3, 0.4) is 0 Å². The molecule has 0 aromatic carbocycles. The van der Waals surface area contributed by atoms with Crippen molar-refractivity contribution in [1.29, 1.82) is 0 Å². The Hall–Kier alpha value is 0.300. The number of rotatable bonds is 5. The maximum absolute atomic E-state index is 10.8. The summed E-state index contributed by atoms with van der Waals surface area (Å²) in [6.07, 6.45) is 2.05. The van der Waals surface area contributed by atoms with E-state index in [1.165, 1.54) is 0 Å². The van der Waals surface area contributed by atoms with E-state index in [1.807, 2.05) is 0 Å². The Morgan fingerprint density at radius 3 is 2.30 bits per heavy atom. The number of hydrogen-bond acceptors (Lipinski definition) is 3. The quantitative estimate of drug-likeness (QED) is 0.481. The van der Waals surface area contributed by atoms with Gasteiger partial charge >= 0.3 is 0 Å². The Kier molecular flexibility index (Phi) is 5.17. The molecule has 0 atom stereocenters. The maximum atomic E-state index is 10.8. The minimum Gasteiger partial charge on any atom is -0.217 e. The summed E-state index contributed by atoms with van der Waals surface area (Å²) in [6.45, 7) is 3.73. The fraction of sp³-hybridized carbons (Fsp3) is 1.00. The molecule has 0 saturated carbocycles. The third kappa shape index (κ3) is 5.11. The highest BCUT2D eigenvalue weighted by molar-refractivity contribution is 8.72. The third-order valence-electron chi connectivity index (χ3n) is 1.11. The molecule has 0 radical (unpaired) electrons. The summed E-state index contributed by atoms with van der Waals surface area (Å²) in [6, 6.07) is 0. The van der Waals surface area contributed by atoms with E-state index in [0.29, 0.717) is 0 Å². The Morgan fingerprint density at radius 1 is 1.30 bits per heavy atom. The van der Waals surface area contributed by atoms with Crippen molar-refractivity contribution in [2.24, 2.45) is 0 Å². The van der Waals surface area contributed by atoms with Gasteiger partial charge in [-0.2, -0.15) is 0 Å². The van der Waals surface area contributed by atoms with Crippen molar-refractivity contribution in [1.82, 2.24) is 0 Å². The monoisotopic (exact) mass is 182 g/mol. The Balaban J connectivity index is 3.49. The highest BCUT2D eigenvalue weighted by atomic mass is 33.1. The van der Waals surface area contributed by atoms with Crippen LogP contribution in [-0.2, 0) is 8.87 Å². The fourth-order valence-corrected chi connectivity index (χ4v) is 2.86. The minimum atomic E-state index is -2.78. The van der Waals surface area contributed by atoms with E-state index in [2.05, 4.69) is 6.92 Å². The molecular formula is C6H14O2S2. The Morgan fingerprint density at radius 2 is 1.90 bits per heavy atom. The van der Waals surface area contributed by atoms with E-state index in [9.17, 15) is 8.42 Å². The predicted molar refractivity (Wildman–Crippen MR) is 46.8 cm³/mol. The zero-order valence-corrected chi connectivity index (χ0v) is 8.09. The summed E-state index contributed by atoms with van der Waals surface area (Å²) in [5, 5.41) is 0. The second-order valence-corrected chi connectivity index (χ2v) is 6.59. The van der Waals surface area contributed by atoms with Crippen LogP contribution in [0.4, 0.5) is 0 Å². The summed E-state index contributed by atoms with van der Waals surface area (Å²) in [5.74, 6) is 0.994. The molecule has 0 amide bonds. The minimum absolute atomic E-state index is 0.251. The van der Waals surface area contributed by atoms with E-state index in [-0.39, 0.29) is 5.75 Å². The van der Waals surface area contributed by atoms with Gasteiger partial charge in [0.25, 0.3) is 0 Å². The van der Waals surface area contributed by atoms with E-state index >= 15 is 0 Å². The van der Waals surface area contributed by atoms with Crippen LogP contribution >= 0.6 is 10.8 Å². The molecule has 62 valence electrons. The van der Waals surface area contributed by atoms with Crippen LogP contribution in [0, 0.1) is 0 Å². The average Bonchev–Trinajstić information content (AvgIpc) is 1.89. The average molecular weight is 182 g/mol. The maximum Gasteiger partial charge on any atom is 0.201 e. The van der Waals surface area contributed by atoms with Crippen LogP contribution in [-0.4, -0.2) is 19.9 Å². The molecular weight excluding hydrogens is 168 g/mol. The molecule has 0 bridgehead atoms. The molecule has 0 aliphatic heterocycles. The van der Waals surface area contributed by atoms with Gasteiger partial charge in [0.1, 0.15) is 0 Å². The first kappa shape index (κ1) is 10.3. The van der Waals surface area contributed by atoms with E-state index < -0.39 is 8.87 Å². The van der Waals surface area contributed by atoms with Crippen LogP contribution in [0.2, 0.25) is 0 Å². The Bertz CT molecular complexity index is 161. The second-order valence-electron chi connectivity index (χ2n) is 2.02. The summed E-state index contributed by atoms with van der Waals surface area (Å²) in [4.78, 5) is 0. The first-order chi connectivity index (χ1) is 4.62. The fourth-order valence-electron chi connectivity index (χ4n) is 0.414. The molecule has 0 heterocycles. The molecule has 0 fully saturated rings. The van der Waals surface area contributed by atoms with Gasteiger partial charge in [-0.3, -0.25) is 0 Å². The topological polar surface area (TPSA) is 34.1 Å². The number of hydrogen-bond donors (Lipinski definition) is 0. The molecule has 0 rings (SSSR count). The van der Waals surface area contributed by atoms with Gasteiger partial charge in [0.05, 0.1) is 5.75 Å². The smallest absolute Gasteiger partial charge is 0.201 e. The molecule has 0 aromatic heterocycles. The van der Waals surface area contributed by atoms with Gasteiger partial charge < -0.3 is 0 Å². The van der Waals surface area contributed by atoms with Crippen LogP contribution in [0.1, 0.15) is 26.7 Å². The van der Waals surface area contributed by atoms with Crippen molar-refractivity contribution in [2.75, 3.05) is 11.5 Å². The third-order valence-corrected chi connectivity index (χ3v) is 4.92. The van der Waals surface area contributed by atoms with E-state index in [0.717, 1.165) is 29.4 Å². The first-order valence-electron chi connectivity index (χ1n) is 3.49. The molecule has 0 unspecified atom stereocenters. The van der Waals surface area contributed by atoms with Gasteiger partial charge in [0.15, 0.2) is 0 Å². The SMILES string of the molecule is CCCCSS(=O)(=O)CC. The van der Waals surface area contributed by atoms with E-state index in [1.54, 1.807) is 6.92 Å². The second kappa shape index (κ2) is 5.02. The zero-order chi connectivity index (χ0) is 8.04. The van der Waals surface area contributed by atoms with E-state index in [4.69, 9.17) is 0 Å². The molecule has 2 nitrogen and oxygen atoms in total. The van der Waals surface area contributed by atoms with Crippen LogP contribution in [0.15, 0.2) is 0 Å². The molecule has 0 aromatic rings. The predicted octanol–water partition coefficient (Wildman–Crippen LogP) is 1.87. The van der Waals surface area contributed by atoms with Crippen molar-refractivity contribution >= 4 is 19.7 Å². The van der Waals surface area contributed by atoms with Crippen molar-refractivity contribution in [3.05, 3.63) is 0 Å². The summed E-state index contributed by atoms with van der Waals surface area (Å²) in [5.41, 5.74) is 0. The van der Waals surface area contributed by atoms with Gasteiger partial charge in [-0.1, -0.05) is 20.3 Å². The number of unbranched alkanes of at least 4 members (excludes halogenated alkanes) is 1. The lowest BCUT2D eigenvalue weighted by Gasteiger charge is -1.97. The van der Waals surface area contributed by atoms with Crippen LogP contribution < -0.4 is 0 Å². The molecule has 4 heteroatoms. The van der Waals surface area contributed by atoms with Crippen molar-refractivity contribution in [3.63, 3.8) is 0 Å². The highest BCUT2D eigenvalue weighted by Gasteiger charge is 2.05. The first-order valence-corrected chi connectivity index (χ1v) is 6.65. The van der Waals surface area contributed by atoms with Gasteiger partial charge in [-0.15, -0.1) is 0 Å². The largest absolute Gasteiger partial charge is 0.217 e. The molecule has 0 aliphatic carbocycles. The lowest BCUT2D eigenvalue weighted by atomic mass is 10.4. The van der Waals surface area contributed by atoms with Crippen molar-refractivity contribution < 1.29 is 8.42 Å².